The molecular weight excluding hydrogens is 232 g/mol. The number of benzene rings is 1. The Labute approximate surface area is 117 Å². The predicted octanol–water partition coefficient (Wildman–Crippen LogP) is 2.96. The molecule has 2 aliphatic rings. The molecule has 1 aromatic carbocycles. The average Bonchev–Trinajstić information content (AvgIpc) is 3.26. The fourth-order valence-electron chi connectivity index (χ4n) is 3.22. The fourth-order valence-corrected chi connectivity index (χ4v) is 3.22. The van der Waals surface area contributed by atoms with Crippen molar-refractivity contribution < 1.29 is 0 Å². The van der Waals surface area contributed by atoms with Crippen molar-refractivity contribution in [2.24, 2.45) is 5.92 Å². The van der Waals surface area contributed by atoms with E-state index in [1.54, 1.807) is 0 Å². The summed E-state index contributed by atoms with van der Waals surface area (Å²) < 4.78 is 0. The lowest BCUT2D eigenvalue weighted by molar-refractivity contribution is 0.112. The maximum Gasteiger partial charge on any atom is 0.0237 e. The van der Waals surface area contributed by atoms with E-state index in [1.165, 1.54) is 43.5 Å². The fraction of sp³-hybridized carbons (Fsp3) is 0.647. The molecule has 2 atom stereocenters. The molecule has 1 aliphatic carbocycles. The highest BCUT2D eigenvalue weighted by molar-refractivity contribution is 5.21. The lowest BCUT2D eigenvalue weighted by atomic mass is 10.0. The van der Waals surface area contributed by atoms with Crippen LogP contribution < -0.4 is 5.32 Å². The Balaban J connectivity index is 1.66. The topological polar surface area (TPSA) is 15.3 Å². The second kappa shape index (κ2) is 5.64. The molecule has 1 saturated heterocycles. The molecule has 3 rings (SSSR count). The number of hydrogen-bond acceptors (Lipinski definition) is 2. The molecule has 0 amide bonds. The third-order valence-corrected chi connectivity index (χ3v) is 4.73. The molecule has 1 saturated carbocycles. The van der Waals surface area contributed by atoms with E-state index in [9.17, 15) is 0 Å². The van der Waals surface area contributed by atoms with Crippen molar-refractivity contribution in [3.05, 3.63) is 35.4 Å². The van der Waals surface area contributed by atoms with Gasteiger partial charge in [0.2, 0.25) is 0 Å². The van der Waals surface area contributed by atoms with Crippen molar-refractivity contribution in [1.82, 2.24) is 10.2 Å². The number of aryl methyl sites for hydroxylation is 1. The molecule has 1 aliphatic heterocycles. The van der Waals surface area contributed by atoms with Crippen molar-refractivity contribution in [2.45, 2.75) is 51.7 Å². The molecule has 0 radical (unpaired) electrons. The van der Waals surface area contributed by atoms with Gasteiger partial charge in [0.15, 0.2) is 0 Å². The molecular formula is C17H26N2. The Kier molecular flexibility index (Phi) is 3.90. The maximum atomic E-state index is 3.77. The van der Waals surface area contributed by atoms with Gasteiger partial charge in [-0.1, -0.05) is 36.8 Å². The van der Waals surface area contributed by atoms with Crippen LogP contribution in [0.1, 0.15) is 37.3 Å². The van der Waals surface area contributed by atoms with Crippen LogP contribution in [-0.4, -0.2) is 30.1 Å². The summed E-state index contributed by atoms with van der Waals surface area (Å²) in [5.41, 5.74) is 2.81. The van der Waals surface area contributed by atoms with Gasteiger partial charge in [0.25, 0.3) is 0 Å². The molecule has 2 nitrogen and oxygen atoms in total. The highest BCUT2D eigenvalue weighted by Gasteiger charge is 2.36. The zero-order chi connectivity index (χ0) is 13.2. The Morgan fingerprint density at radius 3 is 2.58 bits per heavy atom. The van der Waals surface area contributed by atoms with E-state index in [0.717, 1.165) is 18.5 Å². The van der Waals surface area contributed by atoms with Crippen LogP contribution >= 0.6 is 0 Å². The van der Waals surface area contributed by atoms with Crippen LogP contribution in [0.15, 0.2) is 24.3 Å². The van der Waals surface area contributed by atoms with Gasteiger partial charge >= 0.3 is 0 Å². The molecule has 1 N–H and O–H groups in total. The van der Waals surface area contributed by atoms with E-state index < -0.39 is 0 Å². The third-order valence-electron chi connectivity index (χ3n) is 4.73. The predicted molar refractivity (Wildman–Crippen MR) is 80.2 cm³/mol. The van der Waals surface area contributed by atoms with Crippen LogP contribution in [0.25, 0.3) is 0 Å². The molecule has 104 valence electrons. The normalized spacial score (nSPS) is 28.5. The zero-order valence-corrected chi connectivity index (χ0v) is 12.2. The summed E-state index contributed by atoms with van der Waals surface area (Å²) in [6.45, 7) is 7.99. The second-order valence-corrected chi connectivity index (χ2v) is 6.33. The smallest absolute Gasteiger partial charge is 0.0237 e. The highest BCUT2D eigenvalue weighted by atomic mass is 15.2. The minimum absolute atomic E-state index is 0.705. The summed E-state index contributed by atoms with van der Waals surface area (Å²) >= 11 is 0. The lowest BCUT2D eigenvalue weighted by Crippen LogP contribution is -2.56. The SMILES string of the molecule is CCC1CNC(C2CC2)CN1Cc1ccc(C)cc1. The molecule has 2 heteroatoms. The van der Waals surface area contributed by atoms with Gasteiger partial charge < -0.3 is 5.32 Å². The second-order valence-electron chi connectivity index (χ2n) is 6.33. The molecule has 0 aromatic heterocycles. The van der Waals surface area contributed by atoms with Gasteiger partial charge in [0, 0.05) is 31.7 Å². The summed E-state index contributed by atoms with van der Waals surface area (Å²) in [7, 11) is 0. The molecule has 1 heterocycles. The first kappa shape index (κ1) is 13.1. The van der Waals surface area contributed by atoms with Gasteiger partial charge in [0.1, 0.15) is 0 Å². The van der Waals surface area contributed by atoms with E-state index >= 15 is 0 Å². The number of rotatable bonds is 4. The molecule has 19 heavy (non-hydrogen) atoms. The average molecular weight is 258 g/mol. The first-order chi connectivity index (χ1) is 9.26. The summed E-state index contributed by atoms with van der Waals surface area (Å²) in [6, 6.07) is 10.5. The van der Waals surface area contributed by atoms with Crippen LogP contribution in [-0.2, 0) is 6.54 Å². The van der Waals surface area contributed by atoms with E-state index in [2.05, 4.69) is 48.3 Å². The van der Waals surface area contributed by atoms with Crippen LogP contribution in [0.3, 0.4) is 0 Å². The summed E-state index contributed by atoms with van der Waals surface area (Å²) in [5.74, 6) is 0.957. The van der Waals surface area contributed by atoms with Gasteiger partial charge in [-0.05, 0) is 37.7 Å². The minimum atomic E-state index is 0.705. The number of piperazine rings is 1. The molecule has 0 bridgehead atoms. The van der Waals surface area contributed by atoms with Gasteiger partial charge in [0.05, 0.1) is 0 Å². The first-order valence-corrected chi connectivity index (χ1v) is 7.79. The van der Waals surface area contributed by atoms with Crippen molar-refractivity contribution in [3.63, 3.8) is 0 Å². The monoisotopic (exact) mass is 258 g/mol. The van der Waals surface area contributed by atoms with Crippen molar-refractivity contribution in [1.29, 1.82) is 0 Å². The van der Waals surface area contributed by atoms with Gasteiger partial charge in [-0.2, -0.15) is 0 Å². The van der Waals surface area contributed by atoms with E-state index in [1.807, 2.05) is 0 Å². The summed E-state index contributed by atoms with van der Waals surface area (Å²) in [4.78, 5) is 2.70. The lowest BCUT2D eigenvalue weighted by Gasteiger charge is -2.40. The Morgan fingerprint density at radius 2 is 1.95 bits per heavy atom. The van der Waals surface area contributed by atoms with Crippen molar-refractivity contribution >= 4 is 0 Å². The maximum absolute atomic E-state index is 3.77. The van der Waals surface area contributed by atoms with Crippen LogP contribution in [0.5, 0.6) is 0 Å². The van der Waals surface area contributed by atoms with E-state index in [-0.39, 0.29) is 0 Å². The van der Waals surface area contributed by atoms with E-state index in [4.69, 9.17) is 0 Å². The Bertz CT molecular complexity index is 408. The number of nitrogens with one attached hydrogen (secondary N) is 1. The largest absolute Gasteiger partial charge is 0.311 e. The molecule has 0 spiro atoms. The Hall–Kier alpha value is -0.860. The quantitative estimate of drug-likeness (QED) is 0.893. The summed E-state index contributed by atoms with van der Waals surface area (Å²) in [6.07, 6.45) is 4.12. The van der Waals surface area contributed by atoms with Crippen LogP contribution in [0.2, 0.25) is 0 Å². The van der Waals surface area contributed by atoms with Gasteiger partial charge in [-0.3, -0.25) is 4.90 Å². The molecule has 2 unspecified atom stereocenters. The molecule has 1 aromatic rings. The van der Waals surface area contributed by atoms with Gasteiger partial charge in [-0.25, -0.2) is 0 Å². The first-order valence-electron chi connectivity index (χ1n) is 7.79. The minimum Gasteiger partial charge on any atom is -0.311 e. The summed E-state index contributed by atoms with van der Waals surface area (Å²) in [5, 5.41) is 3.77. The van der Waals surface area contributed by atoms with Crippen LogP contribution in [0, 0.1) is 12.8 Å². The van der Waals surface area contributed by atoms with Crippen molar-refractivity contribution in [3.8, 4) is 0 Å². The third kappa shape index (κ3) is 3.18. The standard InChI is InChI=1S/C17H26N2/c1-3-16-10-18-17(15-8-9-15)12-19(16)11-14-6-4-13(2)5-7-14/h4-7,15-18H,3,8-12H2,1-2H3. The van der Waals surface area contributed by atoms with Crippen LogP contribution in [0.4, 0.5) is 0 Å². The highest BCUT2D eigenvalue weighted by Crippen LogP contribution is 2.34. The Morgan fingerprint density at radius 1 is 1.21 bits per heavy atom. The van der Waals surface area contributed by atoms with Crippen molar-refractivity contribution in [2.75, 3.05) is 13.1 Å². The zero-order valence-electron chi connectivity index (χ0n) is 12.2. The van der Waals surface area contributed by atoms with E-state index in [0.29, 0.717) is 6.04 Å². The number of hydrogen-bond donors (Lipinski definition) is 1. The number of nitrogens with zero attached hydrogens (tertiary/aromatic N) is 1. The molecule has 2 fully saturated rings. The van der Waals surface area contributed by atoms with Gasteiger partial charge in [-0.15, -0.1) is 0 Å².